The van der Waals surface area contributed by atoms with Crippen LogP contribution in [0.2, 0.25) is 0 Å². The third kappa shape index (κ3) is 6.23. The van der Waals surface area contributed by atoms with E-state index in [0.29, 0.717) is 24.5 Å². The van der Waals surface area contributed by atoms with E-state index < -0.39 is 6.10 Å². The fourth-order valence-corrected chi connectivity index (χ4v) is 1.97. The third-order valence-corrected chi connectivity index (χ3v) is 3.06. The van der Waals surface area contributed by atoms with Crippen molar-refractivity contribution in [3.8, 4) is 5.75 Å². The van der Waals surface area contributed by atoms with Crippen LogP contribution in [0.1, 0.15) is 19.8 Å². The van der Waals surface area contributed by atoms with Gasteiger partial charge in [0.1, 0.15) is 18.5 Å². The molecule has 1 aromatic rings. The highest BCUT2D eigenvalue weighted by atomic mass is 16.5. The van der Waals surface area contributed by atoms with E-state index in [9.17, 15) is 5.11 Å². The lowest BCUT2D eigenvalue weighted by Crippen LogP contribution is -2.38. The number of hydrogen-bond acceptors (Lipinski definition) is 5. The van der Waals surface area contributed by atoms with E-state index in [1.165, 1.54) is 0 Å². The normalized spacial score (nSPS) is 12.6. The molecular formula is C15H26N2O3. The zero-order valence-electron chi connectivity index (χ0n) is 12.2. The van der Waals surface area contributed by atoms with Gasteiger partial charge in [-0.3, -0.25) is 4.90 Å². The highest BCUT2D eigenvalue weighted by molar-refractivity contribution is 5.51. The van der Waals surface area contributed by atoms with Gasteiger partial charge < -0.3 is 20.7 Å². The van der Waals surface area contributed by atoms with Crippen LogP contribution in [0.5, 0.6) is 5.75 Å². The molecule has 0 saturated heterocycles. The number of ether oxygens (including phenoxy) is 1. The first kappa shape index (κ1) is 16.8. The average molecular weight is 282 g/mol. The highest BCUT2D eigenvalue weighted by Crippen LogP contribution is 2.19. The maximum Gasteiger partial charge on any atom is 0.142 e. The zero-order valence-corrected chi connectivity index (χ0v) is 12.2. The summed E-state index contributed by atoms with van der Waals surface area (Å²) in [5.74, 6) is 0.591. The maximum absolute atomic E-state index is 10.0. The topological polar surface area (TPSA) is 79.0 Å². The molecule has 0 fully saturated rings. The molecule has 0 heterocycles. The first-order chi connectivity index (χ1) is 9.67. The maximum atomic E-state index is 10.0. The smallest absolute Gasteiger partial charge is 0.142 e. The van der Waals surface area contributed by atoms with Gasteiger partial charge in [-0.25, -0.2) is 0 Å². The lowest BCUT2D eigenvalue weighted by Gasteiger charge is -2.24. The summed E-state index contributed by atoms with van der Waals surface area (Å²) in [6.07, 6.45) is 1.55. The van der Waals surface area contributed by atoms with E-state index in [4.69, 9.17) is 15.6 Å². The van der Waals surface area contributed by atoms with Crippen LogP contribution in [0.15, 0.2) is 24.3 Å². The van der Waals surface area contributed by atoms with Crippen LogP contribution in [-0.4, -0.2) is 54.1 Å². The van der Waals surface area contributed by atoms with E-state index in [-0.39, 0.29) is 13.2 Å². The van der Waals surface area contributed by atoms with E-state index in [2.05, 4.69) is 6.92 Å². The Morgan fingerprint density at radius 1 is 1.30 bits per heavy atom. The van der Waals surface area contributed by atoms with Gasteiger partial charge in [-0.2, -0.15) is 0 Å². The van der Waals surface area contributed by atoms with Gasteiger partial charge in [-0.05, 0) is 25.1 Å². The van der Waals surface area contributed by atoms with Crippen molar-refractivity contribution in [3.63, 3.8) is 0 Å². The SMILES string of the molecule is CCCCN(CCO)CC(O)COc1ccccc1N. The second-order valence-electron chi connectivity index (χ2n) is 4.88. The molecule has 1 rings (SSSR count). The molecule has 0 bridgehead atoms. The predicted octanol–water partition coefficient (Wildman–Crippen LogP) is 1.10. The number of para-hydroxylation sites is 2. The van der Waals surface area contributed by atoms with Gasteiger partial charge in [-0.15, -0.1) is 0 Å². The molecule has 1 aromatic carbocycles. The quantitative estimate of drug-likeness (QED) is 0.560. The van der Waals surface area contributed by atoms with Crippen LogP contribution in [0, 0.1) is 0 Å². The van der Waals surface area contributed by atoms with Crippen LogP contribution in [0.4, 0.5) is 5.69 Å². The molecule has 0 aliphatic carbocycles. The molecule has 0 spiro atoms. The molecule has 5 nitrogen and oxygen atoms in total. The molecule has 4 N–H and O–H groups in total. The van der Waals surface area contributed by atoms with Crippen molar-refractivity contribution in [2.24, 2.45) is 0 Å². The Bertz CT molecular complexity index is 374. The van der Waals surface area contributed by atoms with Crippen molar-refractivity contribution in [1.29, 1.82) is 0 Å². The molecule has 1 unspecified atom stereocenters. The van der Waals surface area contributed by atoms with E-state index in [1.54, 1.807) is 12.1 Å². The first-order valence-electron chi connectivity index (χ1n) is 7.16. The fourth-order valence-electron chi connectivity index (χ4n) is 1.97. The molecule has 0 radical (unpaired) electrons. The summed E-state index contributed by atoms with van der Waals surface area (Å²) in [5, 5.41) is 19.0. The van der Waals surface area contributed by atoms with Gasteiger partial charge in [0, 0.05) is 13.1 Å². The van der Waals surface area contributed by atoms with Gasteiger partial charge in [0.05, 0.1) is 12.3 Å². The van der Waals surface area contributed by atoms with Gasteiger partial charge in [0.15, 0.2) is 0 Å². The molecule has 0 aliphatic rings. The Kier molecular flexibility index (Phi) is 8.02. The monoisotopic (exact) mass is 282 g/mol. The number of aliphatic hydroxyl groups excluding tert-OH is 2. The van der Waals surface area contributed by atoms with Gasteiger partial charge in [0.2, 0.25) is 0 Å². The van der Waals surface area contributed by atoms with Crippen molar-refractivity contribution < 1.29 is 14.9 Å². The van der Waals surface area contributed by atoms with Crippen molar-refractivity contribution >= 4 is 5.69 Å². The fraction of sp³-hybridized carbons (Fsp3) is 0.600. The second-order valence-corrected chi connectivity index (χ2v) is 4.88. The van der Waals surface area contributed by atoms with Crippen LogP contribution < -0.4 is 10.5 Å². The number of rotatable bonds is 10. The van der Waals surface area contributed by atoms with E-state index in [1.807, 2.05) is 17.0 Å². The largest absolute Gasteiger partial charge is 0.489 e. The van der Waals surface area contributed by atoms with E-state index >= 15 is 0 Å². The summed E-state index contributed by atoms with van der Waals surface area (Å²) in [7, 11) is 0. The zero-order chi connectivity index (χ0) is 14.8. The number of hydrogen-bond donors (Lipinski definition) is 3. The third-order valence-electron chi connectivity index (χ3n) is 3.06. The summed E-state index contributed by atoms with van der Waals surface area (Å²) in [6, 6.07) is 7.23. The Hall–Kier alpha value is -1.30. The Balaban J connectivity index is 2.37. The van der Waals surface area contributed by atoms with Crippen molar-refractivity contribution in [1.82, 2.24) is 4.90 Å². The number of nitrogens with zero attached hydrogens (tertiary/aromatic N) is 1. The first-order valence-corrected chi connectivity index (χ1v) is 7.16. The number of anilines is 1. The van der Waals surface area contributed by atoms with Crippen molar-refractivity contribution in [3.05, 3.63) is 24.3 Å². The predicted molar refractivity (Wildman–Crippen MR) is 80.8 cm³/mol. The molecule has 114 valence electrons. The van der Waals surface area contributed by atoms with Gasteiger partial charge in [-0.1, -0.05) is 25.5 Å². The highest BCUT2D eigenvalue weighted by Gasteiger charge is 2.12. The number of nitrogen functional groups attached to an aromatic ring is 1. The molecule has 0 amide bonds. The molecule has 0 aromatic heterocycles. The standard InChI is InChI=1S/C15H26N2O3/c1-2-3-8-17(9-10-18)11-13(19)12-20-15-7-5-4-6-14(15)16/h4-7,13,18-19H,2-3,8-12,16H2,1H3. The minimum Gasteiger partial charge on any atom is -0.489 e. The molecular weight excluding hydrogens is 256 g/mol. The molecule has 20 heavy (non-hydrogen) atoms. The van der Waals surface area contributed by atoms with Crippen molar-refractivity contribution in [2.75, 3.05) is 38.6 Å². The van der Waals surface area contributed by atoms with Gasteiger partial charge >= 0.3 is 0 Å². The molecule has 0 saturated carbocycles. The number of unbranched alkanes of at least 4 members (excludes halogenated alkanes) is 1. The number of nitrogens with two attached hydrogens (primary N) is 1. The lowest BCUT2D eigenvalue weighted by molar-refractivity contribution is 0.0616. The Morgan fingerprint density at radius 3 is 2.70 bits per heavy atom. The number of benzene rings is 1. The Morgan fingerprint density at radius 2 is 2.05 bits per heavy atom. The van der Waals surface area contributed by atoms with E-state index in [0.717, 1.165) is 19.4 Å². The second kappa shape index (κ2) is 9.58. The van der Waals surface area contributed by atoms with Crippen LogP contribution in [-0.2, 0) is 0 Å². The van der Waals surface area contributed by atoms with Crippen LogP contribution in [0.3, 0.4) is 0 Å². The summed E-state index contributed by atoms with van der Waals surface area (Å²) in [4.78, 5) is 2.05. The summed E-state index contributed by atoms with van der Waals surface area (Å²) < 4.78 is 5.52. The molecule has 5 heteroatoms. The average Bonchev–Trinajstić information content (AvgIpc) is 2.44. The minimum atomic E-state index is -0.599. The summed E-state index contributed by atoms with van der Waals surface area (Å²) >= 11 is 0. The molecule has 1 atom stereocenters. The lowest BCUT2D eigenvalue weighted by atomic mass is 10.2. The Labute approximate surface area is 121 Å². The van der Waals surface area contributed by atoms with Crippen LogP contribution in [0.25, 0.3) is 0 Å². The molecule has 0 aliphatic heterocycles. The summed E-state index contributed by atoms with van der Waals surface area (Å²) in [5.41, 5.74) is 6.34. The van der Waals surface area contributed by atoms with Crippen molar-refractivity contribution in [2.45, 2.75) is 25.9 Å². The van der Waals surface area contributed by atoms with Gasteiger partial charge in [0.25, 0.3) is 0 Å². The van der Waals surface area contributed by atoms with Crippen LogP contribution >= 0.6 is 0 Å². The summed E-state index contributed by atoms with van der Waals surface area (Å²) in [6.45, 7) is 4.36. The number of aliphatic hydroxyl groups is 2. The minimum absolute atomic E-state index is 0.100.